The Bertz CT molecular complexity index is 1010. The summed E-state index contributed by atoms with van der Waals surface area (Å²) in [4.78, 5) is 28.2. The van der Waals surface area contributed by atoms with Gasteiger partial charge in [0.05, 0.1) is 30.2 Å². The van der Waals surface area contributed by atoms with E-state index in [1.807, 2.05) is 0 Å². The predicted molar refractivity (Wildman–Crippen MR) is 108 cm³/mol. The van der Waals surface area contributed by atoms with Crippen molar-refractivity contribution in [3.05, 3.63) is 89.5 Å². The summed E-state index contributed by atoms with van der Waals surface area (Å²) in [6.07, 6.45) is 1.89. The van der Waals surface area contributed by atoms with Crippen LogP contribution in [0.3, 0.4) is 0 Å². The number of para-hydroxylation sites is 1. The first kappa shape index (κ1) is 20.0. The summed E-state index contributed by atoms with van der Waals surface area (Å²) in [7, 11) is 1.32. The van der Waals surface area contributed by atoms with Crippen molar-refractivity contribution in [3.63, 3.8) is 0 Å². The maximum Gasteiger partial charge on any atom is 0.339 e. The number of benzene rings is 2. The lowest BCUT2D eigenvalue weighted by Crippen LogP contribution is -2.26. The Kier molecular flexibility index (Phi) is 6.52. The minimum absolute atomic E-state index is 0.241. The van der Waals surface area contributed by atoms with Crippen LogP contribution >= 0.6 is 0 Å². The highest BCUT2D eigenvalue weighted by Gasteiger charge is 2.12. The number of methoxy groups -OCH3 is 1. The summed E-state index contributed by atoms with van der Waals surface area (Å²) in [5.74, 6) is -1.09. The van der Waals surface area contributed by atoms with Crippen LogP contribution in [0.1, 0.15) is 26.4 Å². The van der Waals surface area contributed by atoms with Crippen molar-refractivity contribution < 1.29 is 18.7 Å². The fourth-order valence-electron chi connectivity index (χ4n) is 2.74. The summed E-state index contributed by atoms with van der Waals surface area (Å²) in [5.41, 5.74) is 2.37. The smallest absolute Gasteiger partial charge is 0.339 e. The van der Waals surface area contributed by atoms with Crippen molar-refractivity contribution in [3.8, 4) is 0 Å². The molecule has 0 spiro atoms. The van der Waals surface area contributed by atoms with E-state index >= 15 is 0 Å². The third kappa shape index (κ3) is 5.16. The second-order valence-electron chi connectivity index (χ2n) is 6.19. The van der Waals surface area contributed by atoms with Gasteiger partial charge in [-0.15, -0.1) is 0 Å². The Labute approximate surface area is 167 Å². The molecule has 0 bridgehead atoms. The maximum absolute atomic E-state index is 13.6. The molecule has 0 aliphatic carbocycles. The number of halogens is 1. The van der Waals surface area contributed by atoms with Crippen LogP contribution in [0.25, 0.3) is 0 Å². The standard InChI is InChI=1S/C22H20FN3O3/c1-29-22(28)17-7-3-5-9-19(17)26-16-10-11-20(25-14-16)21(27)24-13-12-15-6-2-4-8-18(15)23/h2-11,14,26H,12-13H2,1H3,(H,24,27). The molecule has 0 saturated heterocycles. The van der Waals surface area contributed by atoms with Gasteiger partial charge in [0.25, 0.3) is 5.91 Å². The number of carbonyl (C=O) groups is 2. The number of nitrogens with one attached hydrogen (secondary N) is 2. The average molecular weight is 393 g/mol. The molecule has 0 fully saturated rings. The van der Waals surface area contributed by atoms with Crippen LogP contribution in [0.5, 0.6) is 0 Å². The van der Waals surface area contributed by atoms with Gasteiger partial charge < -0.3 is 15.4 Å². The molecule has 2 aromatic carbocycles. The van der Waals surface area contributed by atoms with E-state index in [-0.39, 0.29) is 17.4 Å². The molecule has 0 aliphatic heterocycles. The number of carbonyl (C=O) groups excluding carboxylic acids is 2. The van der Waals surface area contributed by atoms with Gasteiger partial charge in [-0.3, -0.25) is 4.79 Å². The van der Waals surface area contributed by atoms with Crippen LogP contribution in [0.15, 0.2) is 66.9 Å². The van der Waals surface area contributed by atoms with Crippen LogP contribution in [-0.2, 0) is 11.2 Å². The number of hydrogen-bond donors (Lipinski definition) is 2. The summed E-state index contributed by atoms with van der Waals surface area (Å²) >= 11 is 0. The highest BCUT2D eigenvalue weighted by Crippen LogP contribution is 2.21. The van der Waals surface area contributed by atoms with Crippen LogP contribution in [-0.4, -0.2) is 30.5 Å². The molecule has 1 heterocycles. The number of hydrogen-bond acceptors (Lipinski definition) is 5. The Balaban J connectivity index is 1.59. The minimum atomic E-state index is -0.452. The molecular weight excluding hydrogens is 373 g/mol. The number of aromatic nitrogens is 1. The monoisotopic (exact) mass is 393 g/mol. The topological polar surface area (TPSA) is 80.3 Å². The zero-order valence-electron chi connectivity index (χ0n) is 15.8. The number of nitrogens with zero attached hydrogens (tertiary/aromatic N) is 1. The van der Waals surface area contributed by atoms with Crippen molar-refractivity contribution in [2.75, 3.05) is 19.0 Å². The second kappa shape index (κ2) is 9.45. The van der Waals surface area contributed by atoms with Gasteiger partial charge in [0.15, 0.2) is 0 Å². The molecule has 0 radical (unpaired) electrons. The van der Waals surface area contributed by atoms with E-state index in [1.54, 1.807) is 54.6 Å². The second-order valence-corrected chi connectivity index (χ2v) is 6.19. The summed E-state index contributed by atoms with van der Waals surface area (Å²) in [5, 5.41) is 5.81. The minimum Gasteiger partial charge on any atom is -0.465 e. The molecule has 0 aliphatic rings. The summed E-state index contributed by atoms with van der Waals surface area (Å²) < 4.78 is 18.4. The summed E-state index contributed by atoms with van der Waals surface area (Å²) in [6.45, 7) is 0.300. The number of esters is 1. The first-order chi connectivity index (χ1) is 14.1. The van der Waals surface area contributed by atoms with E-state index in [0.29, 0.717) is 35.5 Å². The quantitative estimate of drug-likeness (QED) is 0.598. The van der Waals surface area contributed by atoms with Crippen molar-refractivity contribution in [2.24, 2.45) is 0 Å². The molecule has 29 heavy (non-hydrogen) atoms. The first-order valence-electron chi connectivity index (χ1n) is 9.00. The zero-order chi connectivity index (χ0) is 20.6. The van der Waals surface area contributed by atoms with E-state index in [4.69, 9.17) is 4.74 Å². The number of ether oxygens (including phenoxy) is 1. The van der Waals surface area contributed by atoms with E-state index in [0.717, 1.165) is 0 Å². The SMILES string of the molecule is COC(=O)c1ccccc1Nc1ccc(C(=O)NCCc2ccccc2F)nc1. The van der Waals surface area contributed by atoms with E-state index in [1.165, 1.54) is 19.4 Å². The lowest BCUT2D eigenvalue weighted by atomic mass is 10.1. The fraction of sp³-hybridized carbons (Fsp3) is 0.136. The third-order valence-corrected chi connectivity index (χ3v) is 4.25. The molecule has 1 amide bonds. The molecular formula is C22H20FN3O3. The van der Waals surface area contributed by atoms with Crippen molar-refractivity contribution in [2.45, 2.75) is 6.42 Å². The Morgan fingerprint density at radius 2 is 1.79 bits per heavy atom. The number of anilines is 2. The normalized spacial score (nSPS) is 10.3. The molecule has 0 saturated carbocycles. The number of amides is 1. The van der Waals surface area contributed by atoms with Crippen LogP contribution in [0.2, 0.25) is 0 Å². The predicted octanol–water partition coefficient (Wildman–Crippen LogP) is 3.72. The van der Waals surface area contributed by atoms with Gasteiger partial charge in [0, 0.05) is 6.54 Å². The van der Waals surface area contributed by atoms with E-state index in [2.05, 4.69) is 15.6 Å². The van der Waals surface area contributed by atoms with Gasteiger partial charge in [0.1, 0.15) is 11.5 Å². The number of rotatable bonds is 7. The van der Waals surface area contributed by atoms with Gasteiger partial charge in [-0.05, 0) is 42.3 Å². The highest BCUT2D eigenvalue weighted by atomic mass is 19.1. The summed E-state index contributed by atoms with van der Waals surface area (Å²) in [6, 6.07) is 16.6. The Hall–Kier alpha value is -3.74. The van der Waals surface area contributed by atoms with Crippen LogP contribution in [0.4, 0.5) is 15.8 Å². The van der Waals surface area contributed by atoms with Crippen LogP contribution < -0.4 is 10.6 Å². The Morgan fingerprint density at radius 3 is 2.52 bits per heavy atom. The van der Waals surface area contributed by atoms with Gasteiger partial charge in [-0.1, -0.05) is 30.3 Å². The molecule has 2 N–H and O–H groups in total. The van der Waals surface area contributed by atoms with Crippen LogP contribution in [0, 0.1) is 5.82 Å². The molecule has 1 aromatic heterocycles. The number of pyridine rings is 1. The van der Waals surface area contributed by atoms with Gasteiger partial charge in [-0.2, -0.15) is 0 Å². The fourth-order valence-corrected chi connectivity index (χ4v) is 2.74. The molecule has 7 heteroatoms. The van der Waals surface area contributed by atoms with Crippen molar-refractivity contribution in [1.82, 2.24) is 10.3 Å². The lowest BCUT2D eigenvalue weighted by molar-refractivity contribution is 0.0601. The van der Waals surface area contributed by atoms with E-state index in [9.17, 15) is 14.0 Å². The largest absolute Gasteiger partial charge is 0.465 e. The van der Waals surface area contributed by atoms with Crippen molar-refractivity contribution in [1.29, 1.82) is 0 Å². The maximum atomic E-state index is 13.6. The highest BCUT2D eigenvalue weighted by molar-refractivity contribution is 5.96. The van der Waals surface area contributed by atoms with Crippen molar-refractivity contribution >= 4 is 23.3 Å². The molecule has 0 atom stereocenters. The van der Waals surface area contributed by atoms with Gasteiger partial charge in [-0.25, -0.2) is 14.2 Å². The van der Waals surface area contributed by atoms with E-state index < -0.39 is 5.97 Å². The first-order valence-corrected chi connectivity index (χ1v) is 9.00. The Morgan fingerprint density at radius 1 is 1.03 bits per heavy atom. The zero-order valence-corrected chi connectivity index (χ0v) is 15.8. The van der Waals surface area contributed by atoms with Gasteiger partial charge >= 0.3 is 5.97 Å². The average Bonchev–Trinajstić information content (AvgIpc) is 2.75. The molecule has 3 aromatic rings. The molecule has 0 unspecified atom stereocenters. The molecule has 148 valence electrons. The van der Waals surface area contributed by atoms with Gasteiger partial charge in [0.2, 0.25) is 0 Å². The third-order valence-electron chi connectivity index (χ3n) is 4.25. The molecule has 6 nitrogen and oxygen atoms in total. The lowest BCUT2D eigenvalue weighted by Gasteiger charge is -2.11. The molecule has 3 rings (SSSR count).